The summed E-state index contributed by atoms with van der Waals surface area (Å²) in [5, 5.41) is 3.18. The fourth-order valence-corrected chi connectivity index (χ4v) is 1.71. The van der Waals surface area contributed by atoms with Crippen molar-refractivity contribution in [2.24, 2.45) is 11.7 Å². The van der Waals surface area contributed by atoms with Crippen LogP contribution in [0.4, 0.5) is 0 Å². The van der Waals surface area contributed by atoms with Crippen molar-refractivity contribution in [3.63, 3.8) is 0 Å². The second-order valence-electron chi connectivity index (χ2n) is 5.05. The first kappa shape index (κ1) is 15.5. The number of nitrogens with one attached hydrogen (secondary N) is 1. The van der Waals surface area contributed by atoms with Gasteiger partial charge in [-0.1, -0.05) is 32.9 Å². The molecule has 0 spiro atoms. The van der Waals surface area contributed by atoms with Gasteiger partial charge in [-0.25, -0.2) is 0 Å². The van der Waals surface area contributed by atoms with E-state index < -0.39 is 6.04 Å². The summed E-state index contributed by atoms with van der Waals surface area (Å²) in [6.07, 6.45) is 0.974. The van der Waals surface area contributed by atoms with Crippen molar-refractivity contribution in [3.8, 4) is 5.75 Å². The summed E-state index contributed by atoms with van der Waals surface area (Å²) in [6.45, 7) is 7.69. The van der Waals surface area contributed by atoms with Gasteiger partial charge >= 0.3 is 0 Å². The van der Waals surface area contributed by atoms with E-state index in [0.29, 0.717) is 12.5 Å². The minimum Gasteiger partial charge on any atom is -0.494 e. The Bertz CT molecular complexity index is 388. The predicted octanol–water partition coefficient (Wildman–Crippen LogP) is 2.25. The molecule has 0 heterocycles. The topological polar surface area (TPSA) is 64.3 Å². The predicted molar refractivity (Wildman–Crippen MR) is 77.0 cm³/mol. The van der Waals surface area contributed by atoms with E-state index in [4.69, 9.17) is 10.5 Å². The van der Waals surface area contributed by atoms with Crippen LogP contribution in [0, 0.1) is 5.92 Å². The van der Waals surface area contributed by atoms with Gasteiger partial charge in [0.25, 0.3) is 0 Å². The lowest BCUT2D eigenvalue weighted by Gasteiger charge is -2.17. The van der Waals surface area contributed by atoms with Gasteiger partial charge in [-0.2, -0.15) is 0 Å². The van der Waals surface area contributed by atoms with Crippen molar-refractivity contribution in [1.29, 1.82) is 0 Å². The molecule has 0 saturated heterocycles. The highest BCUT2D eigenvalue weighted by molar-refractivity contribution is 5.81. The number of primary amides is 1. The molecular formula is C15H24N2O2. The van der Waals surface area contributed by atoms with Gasteiger partial charge in [-0.05, 0) is 36.6 Å². The van der Waals surface area contributed by atoms with E-state index in [1.165, 1.54) is 0 Å². The van der Waals surface area contributed by atoms with E-state index in [1.54, 1.807) is 0 Å². The molecule has 1 rings (SSSR count). The van der Waals surface area contributed by atoms with Crippen LogP contribution in [-0.2, 0) is 4.79 Å². The molecule has 19 heavy (non-hydrogen) atoms. The Labute approximate surface area is 115 Å². The van der Waals surface area contributed by atoms with Gasteiger partial charge in [-0.15, -0.1) is 0 Å². The molecule has 0 saturated carbocycles. The van der Waals surface area contributed by atoms with E-state index in [0.717, 1.165) is 24.3 Å². The van der Waals surface area contributed by atoms with Crippen molar-refractivity contribution in [2.75, 3.05) is 13.2 Å². The highest BCUT2D eigenvalue weighted by atomic mass is 16.5. The second-order valence-corrected chi connectivity index (χ2v) is 5.05. The number of carbonyl (C=O) groups excluding carboxylic acids is 1. The summed E-state index contributed by atoms with van der Waals surface area (Å²) < 4.78 is 5.51. The molecule has 1 aromatic carbocycles. The van der Waals surface area contributed by atoms with E-state index in [-0.39, 0.29) is 5.91 Å². The third kappa shape index (κ3) is 5.30. The highest BCUT2D eigenvalue weighted by Crippen LogP contribution is 2.18. The number of amides is 1. The van der Waals surface area contributed by atoms with Crippen LogP contribution >= 0.6 is 0 Å². The number of benzene rings is 1. The quantitative estimate of drug-likeness (QED) is 0.757. The van der Waals surface area contributed by atoms with Crippen LogP contribution in [0.2, 0.25) is 0 Å². The molecule has 4 heteroatoms. The third-order valence-corrected chi connectivity index (χ3v) is 2.70. The van der Waals surface area contributed by atoms with Gasteiger partial charge < -0.3 is 15.8 Å². The van der Waals surface area contributed by atoms with E-state index in [1.807, 2.05) is 24.3 Å². The Balaban J connectivity index is 2.71. The van der Waals surface area contributed by atoms with Gasteiger partial charge in [0.1, 0.15) is 11.8 Å². The zero-order valence-corrected chi connectivity index (χ0v) is 12.0. The Hall–Kier alpha value is -1.55. The van der Waals surface area contributed by atoms with Crippen molar-refractivity contribution in [1.82, 2.24) is 5.32 Å². The molecule has 0 aliphatic carbocycles. The number of rotatable bonds is 8. The van der Waals surface area contributed by atoms with Crippen molar-refractivity contribution < 1.29 is 9.53 Å². The smallest absolute Gasteiger partial charge is 0.239 e. The van der Waals surface area contributed by atoms with Crippen molar-refractivity contribution >= 4 is 5.91 Å². The zero-order chi connectivity index (χ0) is 14.3. The van der Waals surface area contributed by atoms with Crippen molar-refractivity contribution in [3.05, 3.63) is 29.8 Å². The van der Waals surface area contributed by atoms with Gasteiger partial charge in [0, 0.05) is 0 Å². The number of hydrogen-bond acceptors (Lipinski definition) is 3. The molecule has 0 radical (unpaired) electrons. The molecule has 106 valence electrons. The Morgan fingerprint density at radius 2 is 1.95 bits per heavy atom. The lowest BCUT2D eigenvalue weighted by Crippen LogP contribution is -2.35. The normalized spacial score (nSPS) is 12.4. The third-order valence-electron chi connectivity index (χ3n) is 2.70. The highest BCUT2D eigenvalue weighted by Gasteiger charge is 2.17. The maximum absolute atomic E-state index is 11.5. The Kier molecular flexibility index (Phi) is 6.36. The minimum absolute atomic E-state index is 0.358. The molecule has 0 aromatic heterocycles. The summed E-state index contributed by atoms with van der Waals surface area (Å²) in [4.78, 5) is 11.5. The molecule has 0 bridgehead atoms. The first-order valence-electron chi connectivity index (χ1n) is 6.80. The summed E-state index contributed by atoms with van der Waals surface area (Å²) in [5.41, 5.74) is 6.31. The van der Waals surface area contributed by atoms with Crippen LogP contribution in [0.15, 0.2) is 24.3 Å². The molecule has 0 fully saturated rings. The van der Waals surface area contributed by atoms with Gasteiger partial charge in [-0.3, -0.25) is 4.79 Å². The molecule has 3 N–H and O–H groups in total. The number of carbonyl (C=O) groups is 1. The van der Waals surface area contributed by atoms with Crippen LogP contribution in [0.3, 0.4) is 0 Å². The second kappa shape index (κ2) is 7.79. The molecule has 1 atom stereocenters. The Morgan fingerprint density at radius 1 is 1.32 bits per heavy atom. The van der Waals surface area contributed by atoms with Crippen LogP contribution in [0.1, 0.15) is 38.8 Å². The summed E-state index contributed by atoms with van der Waals surface area (Å²) in [6, 6.07) is 7.07. The summed E-state index contributed by atoms with van der Waals surface area (Å²) in [7, 11) is 0. The lowest BCUT2D eigenvalue weighted by atomic mass is 10.1. The monoisotopic (exact) mass is 264 g/mol. The van der Waals surface area contributed by atoms with Gasteiger partial charge in [0.15, 0.2) is 0 Å². The first-order valence-corrected chi connectivity index (χ1v) is 6.80. The van der Waals surface area contributed by atoms with Crippen LogP contribution in [0.5, 0.6) is 5.75 Å². The summed E-state index contributed by atoms with van der Waals surface area (Å²) in [5.74, 6) is 0.926. The molecule has 4 nitrogen and oxygen atoms in total. The zero-order valence-electron chi connectivity index (χ0n) is 12.0. The van der Waals surface area contributed by atoms with Gasteiger partial charge in [0.05, 0.1) is 6.61 Å². The number of hydrogen-bond donors (Lipinski definition) is 2. The maximum atomic E-state index is 11.5. The van der Waals surface area contributed by atoms with Gasteiger partial charge in [0.2, 0.25) is 5.91 Å². The van der Waals surface area contributed by atoms with Crippen LogP contribution in [0.25, 0.3) is 0 Å². The average molecular weight is 264 g/mol. The van der Waals surface area contributed by atoms with Crippen LogP contribution < -0.4 is 15.8 Å². The van der Waals surface area contributed by atoms with E-state index >= 15 is 0 Å². The van der Waals surface area contributed by atoms with Crippen molar-refractivity contribution in [2.45, 2.75) is 33.2 Å². The maximum Gasteiger partial charge on any atom is 0.239 e. The SMILES string of the molecule is CCCOc1ccc(C(NCC(C)C)C(N)=O)cc1. The number of nitrogens with two attached hydrogens (primary N) is 1. The summed E-state index contributed by atoms with van der Waals surface area (Å²) >= 11 is 0. The fraction of sp³-hybridized carbons (Fsp3) is 0.533. The van der Waals surface area contributed by atoms with Crippen LogP contribution in [-0.4, -0.2) is 19.1 Å². The minimum atomic E-state index is -0.442. The standard InChI is InChI=1S/C15H24N2O2/c1-4-9-19-13-7-5-12(6-8-13)14(15(16)18)17-10-11(2)3/h5-8,11,14,17H,4,9-10H2,1-3H3,(H2,16,18). The number of ether oxygens (including phenoxy) is 1. The molecular weight excluding hydrogens is 240 g/mol. The van der Waals surface area contributed by atoms with E-state index in [9.17, 15) is 4.79 Å². The largest absolute Gasteiger partial charge is 0.494 e. The Morgan fingerprint density at radius 3 is 2.42 bits per heavy atom. The molecule has 1 amide bonds. The molecule has 0 aliphatic rings. The molecule has 1 aromatic rings. The average Bonchev–Trinajstić information content (AvgIpc) is 2.37. The molecule has 0 aliphatic heterocycles. The molecule has 1 unspecified atom stereocenters. The van der Waals surface area contributed by atoms with E-state index in [2.05, 4.69) is 26.1 Å². The fourth-order valence-electron chi connectivity index (χ4n) is 1.71. The lowest BCUT2D eigenvalue weighted by molar-refractivity contribution is -0.120. The first-order chi connectivity index (χ1) is 9.04.